The lowest BCUT2D eigenvalue weighted by atomic mass is 10.1. The maximum absolute atomic E-state index is 12.4. The average molecular weight is 339 g/mol. The van der Waals surface area contributed by atoms with Crippen LogP contribution in [0.15, 0.2) is 48.5 Å². The zero-order valence-corrected chi connectivity index (χ0v) is 14.5. The second kappa shape index (κ2) is 8.68. The third kappa shape index (κ3) is 4.70. The lowest BCUT2D eigenvalue weighted by molar-refractivity contribution is 0.0955. The van der Waals surface area contributed by atoms with Gasteiger partial charge < -0.3 is 14.8 Å². The number of hydrogen-bond donors (Lipinski definition) is 1. The molecule has 0 radical (unpaired) electrons. The second-order valence-corrected chi connectivity index (χ2v) is 5.25. The summed E-state index contributed by atoms with van der Waals surface area (Å²) in [6.45, 7) is 2.45. The fourth-order valence-corrected chi connectivity index (χ4v) is 2.28. The van der Waals surface area contributed by atoms with Crippen LogP contribution < -0.4 is 14.8 Å². The molecule has 0 atom stereocenters. The molecule has 0 aliphatic heterocycles. The van der Waals surface area contributed by atoms with Crippen LogP contribution in [0.2, 0.25) is 0 Å². The fraction of sp³-hybridized carbons (Fsp3) is 0.200. The Balaban J connectivity index is 2.16. The quantitative estimate of drug-likeness (QED) is 0.621. The summed E-state index contributed by atoms with van der Waals surface area (Å²) in [5.74, 6) is 0.768. The van der Waals surface area contributed by atoms with Crippen LogP contribution in [0.5, 0.6) is 11.5 Å². The van der Waals surface area contributed by atoms with Crippen molar-refractivity contribution in [2.45, 2.75) is 6.92 Å². The van der Waals surface area contributed by atoms with Crippen LogP contribution in [0.25, 0.3) is 6.08 Å². The topological polar surface area (TPSA) is 64.6 Å². The van der Waals surface area contributed by atoms with E-state index >= 15 is 0 Å². The minimum Gasteiger partial charge on any atom is -0.497 e. The van der Waals surface area contributed by atoms with Gasteiger partial charge in [-0.25, -0.2) is 0 Å². The molecule has 25 heavy (non-hydrogen) atoms. The van der Waals surface area contributed by atoms with Crippen molar-refractivity contribution < 1.29 is 19.1 Å². The van der Waals surface area contributed by atoms with Crippen molar-refractivity contribution in [1.29, 1.82) is 0 Å². The van der Waals surface area contributed by atoms with Crippen LogP contribution in [-0.2, 0) is 0 Å². The molecule has 0 bridgehead atoms. The fourth-order valence-electron chi connectivity index (χ4n) is 2.28. The van der Waals surface area contributed by atoms with Crippen LogP contribution in [-0.4, -0.2) is 32.5 Å². The van der Waals surface area contributed by atoms with E-state index in [0.29, 0.717) is 29.2 Å². The Hall–Kier alpha value is -3.08. The van der Waals surface area contributed by atoms with Crippen molar-refractivity contribution in [1.82, 2.24) is 5.32 Å². The first-order valence-corrected chi connectivity index (χ1v) is 7.91. The lowest BCUT2D eigenvalue weighted by Crippen LogP contribution is -2.22. The summed E-state index contributed by atoms with van der Waals surface area (Å²) in [5.41, 5.74) is 1.83. The molecule has 1 amide bonds. The van der Waals surface area contributed by atoms with E-state index < -0.39 is 0 Å². The maximum atomic E-state index is 12.4. The van der Waals surface area contributed by atoms with Gasteiger partial charge in [0.15, 0.2) is 5.78 Å². The minimum absolute atomic E-state index is 0.116. The van der Waals surface area contributed by atoms with Crippen LogP contribution >= 0.6 is 0 Å². The molecule has 5 heteroatoms. The van der Waals surface area contributed by atoms with Gasteiger partial charge in [0, 0.05) is 12.1 Å². The number of methoxy groups -OCH3 is 2. The molecule has 2 aromatic carbocycles. The summed E-state index contributed by atoms with van der Waals surface area (Å²) in [4.78, 5) is 24.2. The molecule has 0 saturated carbocycles. The zero-order chi connectivity index (χ0) is 18.2. The van der Waals surface area contributed by atoms with Gasteiger partial charge in [-0.3, -0.25) is 9.59 Å². The molecule has 0 heterocycles. The molecule has 0 spiro atoms. The summed E-state index contributed by atoms with van der Waals surface area (Å²) in [7, 11) is 3.06. The van der Waals surface area contributed by atoms with Crippen LogP contribution in [0.1, 0.15) is 33.2 Å². The number of carbonyl (C=O) groups excluding carboxylic acids is 2. The zero-order valence-electron chi connectivity index (χ0n) is 14.5. The number of rotatable bonds is 7. The molecular weight excluding hydrogens is 318 g/mol. The SMILES string of the molecule is CCNC(=O)c1ccc(/C=C/C(=O)c2cc(OC)ccc2OC)cc1. The smallest absolute Gasteiger partial charge is 0.251 e. The molecule has 5 nitrogen and oxygen atoms in total. The summed E-state index contributed by atoms with van der Waals surface area (Å²) in [6, 6.07) is 12.1. The standard InChI is InChI=1S/C20H21NO4/c1-4-21-20(23)15-8-5-14(6-9-15)7-11-18(22)17-13-16(24-2)10-12-19(17)25-3/h5-13H,4H2,1-3H3,(H,21,23)/b11-7+. The largest absolute Gasteiger partial charge is 0.497 e. The molecule has 130 valence electrons. The van der Waals surface area contributed by atoms with E-state index in [0.717, 1.165) is 5.56 Å². The normalized spacial score (nSPS) is 10.5. The number of hydrogen-bond acceptors (Lipinski definition) is 4. The Bertz CT molecular complexity index is 779. The molecule has 0 saturated heterocycles. The minimum atomic E-state index is -0.191. The predicted molar refractivity (Wildman–Crippen MR) is 97.4 cm³/mol. The van der Waals surface area contributed by atoms with E-state index in [9.17, 15) is 9.59 Å². The lowest BCUT2D eigenvalue weighted by Gasteiger charge is -2.07. The van der Waals surface area contributed by atoms with E-state index in [1.165, 1.54) is 13.2 Å². The third-order valence-electron chi connectivity index (χ3n) is 3.61. The van der Waals surface area contributed by atoms with Crippen molar-refractivity contribution in [2.75, 3.05) is 20.8 Å². The molecular formula is C20H21NO4. The van der Waals surface area contributed by atoms with Gasteiger partial charge in [-0.05, 0) is 48.9 Å². The first-order valence-electron chi connectivity index (χ1n) is 7.91. The highest BCUT2D eigenvalue weighted by molar-refractivity contribution is 6.09. The number of benzene rings is 2. The molecule has 0 fully saturated rings. The Kier molecular flexibility index (Phi) is 6.34. The van der Waals surface area contributed by atoms with Gasteiger partial charge in [-0.1, -0.05) is 18.2 Å². The molecule has 0 aliphatic rings. The second-order valence-electron chi connectivity index (χ2n) is 5.25. The number of nitrogens with one attached hydrogen (secondary N) is 1. The van der Waals surface area contributed by atoms with E-state index in [4.69, 9.17) is 9.47 Å². The number of ether oxygens (including phenoxy) is 2. The summed E-state index contributed by atoms with van der Waals surface area (Å²) >= 11 is 0. The summed E-state index contributed by atoms with van der Waals surface area (Å²) < 4.78 is 10.4. The highest BCUT2D eigenvalue weighted by atomic mass is 16.5. The highest BCUT2D eigenvalue weighted by Crippen LogP contribution is 2.24. The third-order valence-corrected chi connectivity index (χ3v) is 3.61. The highest BCUT2D eigenvalue weighted by Gasteiger charge is 2.11. The number of carbonyl (C=O) groups is 2. The summed E-state index contributed by atoms with van der Waals surface area (Å²) in [6.07, 6.45) is 3.17. The van der Waals surface area contributed by atoms with Crippen molar-refractivity contribution in [3.05, 3.63) is 65.2 Å². The van der Waals surface area contributed by atoms with Gasteiger partial charge >= 0.3 is 0 Å². The Morgan fingerprint density at radius 1 is 1.04 bits per heavy atom. The van der Waals surface area contributed by atoms with Gasteiger partial charge in [0.05, 0.1) is 19.8 Å². The molecule has 0 aromatic heterocycles. The first-order chi connectivity index (χ1) is 12.1. The van der Waals surface area contributed by atoms with E-state index in [1.807, 2.05) is 6.92 Å². The van der Waals surface area contributed by atoms with Crippen molar-refractivity contribution in [2.24, 2.45) is 0 Å². The number of allylic oxidation sites excluding steroid dienone is 1. The van der Waals surface area contributed by atoms with E-state index in [1.54, 1.807) is 55.7 Å². The molecule has 0 unspecified atom stereocenters. The summed E-state index contributed by atoms with van der Waals surface area (Å²) in [5, 5.41) is 2.74. The van der Waals surface area contributed by atoms with Crippen LogP contribution in [0.4, 0.5) is 0 Å². The van der Waals surface area contributed by atoms with Crippen LogP contribution in [0, 0.1) is 0 Å². The van der Waals surface area contributed by atoms with Gasteiger partial charge in [-0.15, -0.1) is 0 Å². The van der Waals surface area contributed by atoms with Gasteiger partial charge in [0.2, 0.25) is 0 Å². The Morgan fingerprint density at radius 3 is 2.36 bits per heavy atom. The molecule has 0 aliphatic carbocycles. The first kappa shape index (κ1) is 18.3. The van der Waals surface area contributed by atoms with Gasteiger partial charge in [0.1, 0.15) is 11.5 Å². The predicted octanol–water partition coefficient (Wildman–Crippen LogP) is 3.35. The molecule has 2 aromatic rings. The van der Waals surface area contributed by atoms with Crippen molar-refractivity contribution >= 4 is 17.8 Å². The maximum Gasteiger partial charge on any atom is 0.251 e. The molecule has 2 rings (SSSR count). The number of ketones is 1. The van der Waals surface area contributed by atoms with Gasteiger partial charge in [-0.2, -0.15) is 0 Å². The number of amides is 1. The van der Waals surface area contributed by atoms with E-state index in [2.05, 4.69) is 5.32 Å². The van der Waals surface area contributed by atoms with Crippen molar-refractivity contribution in [3.63, 3.8) is 0 Å². The molecule has 1 N–H and O–H groups in total. The average Bonchev–Trinajstić information content (AvgIpc) is 2.66. The monoisotopic (exact) mass is 339 g/mol. The van der Waals surface area contributed by atoms with Crippen molar-refractivity contribution in [3.8, 4) is 11.5 Å². The Morgan fingerprint density at radius 2 is 1.76 bits per heavy atom. The van der Waals surface area contributed by atoms with Crippen LogP contribution in [0.3, 0.4) is 0 Å². The van der Waals surface area contributed by atoms with Gasteiger partial charge in [0.25, 0.3) is 5.91 Å². The Labute approximate surface area is 147 Å². The van der Waals surface area contributed by atoms with E-state index in [-0.39, 0.29) is 11.7 Å².